The molecule has 4 rings (SSSR count). The SMILES string of the molecule is C[C@@H](NC(=O)c1cc(-c2cccnc2)on1)c1ccc(-n2cncn2)cc1. The molecule has 1 atom stereocenters. The van der Waals surface area contributed by atoms with Crippen molar-refractivity contribution in [2.45, 2.75) is 13.0 Å². The number of pyridine rings is 1. The molecule has 27 heavy (non-hydrogen) atoms. The van der Waals surface area contributed by atoms with Crippen molar-refractivity contribution in [3.05, 3.63) is 78.8 Å². The van der Waals surface area contributed by atoms with E-state index in [9.17, 15) is 4.79 Å². The van der Waals surface area contributed by atoms with Gasteiger partial charge in [0.05, 0.1) is 11.7 Å². The van der Waals surface area contributed by atoms with E-state index in [-0.39, 0.29) is 17.6 Å². The van der Waals surface area contributed by atoms with Crippen LogP contribution in [0.3, 0.4) is 0 Å². The fourth-order valence-corrected chi connectivity index (χ4v) is 2.64. The number of rotatable bonds is 5. The van der Waals surface area contributed by atoms with Gasteiger partial charge >= 0.3 is 0 Å². The van der Waals surface area contributed by atoms with Crippen LogP contribution in [-0.2, 0) is 0 Å². The molecule has 8 nitrogen and oxygen atoms in total. The van der Waals surface area contributed by atoms with Crippen molar-refractivity contribution in [1.82, 2.24) is 30.2 Å². The summed E-state index contributed by atoms with van der Waals surface area (Å²) in [5.41, 5.74) is 2.84. The van der Waals surface area contributed by atoms with Gasteiger partial charge in [-0.25, -0.2) is 9.67 Å². The highest BCUT2D eigenvalue weighted by Gasteiger charge is 2.16. The van der Waals surface area contributed by atoms with E-state index in [2.05, 4.69) is 25.5 Å². The average Bonchev–Trinajstić information content (AvgIpc) is 3.41. The van der Waals surface area contributed by atoms with Crippen molar-refractivity contribution in [2.24, 2.45) is 0 Å². The quantitative estimate of drug-likeness (QED) is 0.587. The Labute approximate surface area is 154 Å². The summed E-state index contributed by atoms with van der Waals surface area (Å²) in [7, 11) is 0. The van der Waals surface area contributed by atoms with Gasteiger partial charge in [0.25, 0.3) is 5.91 Å². The Balaban J connectivity index is 1.44. The third kappa shape index (κ3) is 3.59. The predicted molar refractivity (Wildman–Crippen MR) is 97.0 cm³/mol. The largest absolute Gasteiger partial charge is 0.355 e. The Morgan fingerprint density at radius 3 is 2.74 bits per heavy atom. The summed E-state index contributed by atoms with van der Waals surface area (Å²) >= 11 is 0. The van der Waals surface area contributed by atoms with Gasteiger partial charge in [-0.1, -0.05) is 17.3 Å². The number of hydrogen-bond donors (Lipinski definition) is 1. The summed E-state index contributed by atoms with van der Waals surface area (Å²) in [5, 5.41) is 10.9. The molecule has 1 N–H and O–H groups in total. The molecule has 0 aliphatic carbocycles. The number of carbonyl (C=O) groups is 1. The molecule has 0 saturated heterocycles. The Kier molecular flexibility index (Phi) is 4.44. The van der Waals surface area contributed by atoms with Crippen LogP contribution in [0.25, 0.3) is 17.0 Å². The van der Waals surface area contributed by atoms with Gasteiger partial charge in [0.1, 0.15) is 12.7 Å². The molecule has 0 fully saturated rings. The van der Waals surface area contributed by atoms with Crippen molar-refractivity contribution in [3.8, 4) is 17.0 Å². The summed E-state index contributed by atoms with van der Waals surface area (Å²) in [6, 6.07) is 12.8. The van der Waals surface area contributed by atoms with E-state index in [1.807, 2.05) is 37.3 Å². The first kappa shape index (κ1) is 16.6. The van der Waals surface area contributed by atoms with Gasteiger partial charge in [0, 0.05) is 24.0 Å². The van der Waals surface area contributed by atoms with E-state index in [0.29, 0.717) is 5.76 Å². The lowest BCUT2D eigenvalue weighted by molar-refractivity contribution is 0.0931. The van der Waals surface area contributed by atoms with Gasteiger partial charge in [-0.15, -0.1) is 0 Å². The van der Waals surface area contributed by atoms with E-state index in [4.69, 9.17) is 4.52 Å². The molecule has 3 heterocycles. The van der Waals surface area contributed by atoms with Gasteiger partial charge in [-0.05, 0) is 36.8 Å². The second-order valence-corrected chi connectivity index (χ2v) is 5.94. The molecule has 0 radical (unpaired) electrons. The lowest BCUT2D eigenvalue weighted by Gasteiger charge is -2.13. The first-order valence-corrected chi connectivity index (χ1v) is 8.33. The van der Waals surface area contributed by atoms with E-state index in [1.54, 1.807) is 35.5 Å². The van der Waals surface area contributed by atoms with Crippen LogP contribution < -0.4 is 5.32 Å². The molecule has 1 aromatic carbocycles. The van der Waals surface area contributed by atoms with Crippen molar-refractivity contribution >= 4 is 5.91 Å². The Bertz CT molecular complexity index is 1030. The van der Waals surface area contributed by atoms with Gasteiger partial charge in [0.15, 0.2) is 11.5 Å². The van der Waals surface area contributed by atoms with Crippen molar-refractivity contribution in [2.75, 3.05) is 0 Å². The minimum Gasteiger partial charge on any atom is -0.355 e. The van der Waals surface area contributed by atoms with Crippen LogP contribution >= 0.6 is 0 Å². The molecule has 8 heteroatoms. The Morgan fingerprint density at radius 1 is 1.19 bits per heavy atom. The number of nitrogens with zero attached hydrogens (tertiary/aromatic N) is 5. The molecule has 3 aromatic heterocycles. The first-order valence-electron chi connectivity index (χ1n) is 8.33. The van der Waals surface area contributed by atoms with Crippen LogP contribution in [0.2, 0.25) is 0 Å². The highest BCUT2D eigenvalue weighted by atomic mass is 16.5. The lowest BCUT2D eigenvalue weighted by Crippen LogP contribution is -2.26. The molecular weight excluding hydrogens is 344 g/mol. The van der Waals surface area contributed by atoms with Gasteiger partial charge in [0.2, 0.25) is 0 Å². The normalized spacial score (nSPS) is 11.9. The highest BCUT2D eigenvalue weighted by molar-refractivity contribution is 5.93. The van der Waals surface area contributed by atoms with E-state index in [1.165, 1.54) is 6.33 Å². The second-order valence-electron chi connectivity index (χ2n) is 5.94. The third-order valence-electron chi connectivity index (χ3n) is 4.11. The van der Waals surface area contributed by atoms with Crippen LogP contribution in [0.1, 0.15) is 29.0 Å². The fraction of sp³-hybridized carbons (Fsp3) is 0.105. The fourth-order valence-electron chi connectivity index (χ4n) is 2.64. The molecular formula is C19H16N6O2. The monoisotopic (exact) mass is 360 g/mol. The molecule has 0 unspecified atom stereocenters. The van der Waals surface area contributed by atoms with Crippen LogP contribution in [-0.4, -0.2) is 30.8 Å². The zero-order valence-corrected chi connectivity index (χ0v) is 14.5. The number of hydrogen-bond acceptors (Lipinski definition) is 6. The third-order valence-corrected chi connectivity index (χ3v) is 4.11. The first-order chi connectivity index (χ1) is 13.2. The summed E-state index contributed by atoms with van der Waals surface area (Å²) < 4.78 is 6.92. The number of aromatic nitrogens is 5. The molecule has 0 aliphatic heterocycles. The average molecular weight is 360 g/mol. The number of nitrogens with one attached hydrogen (secondary N) is 1. The number of carbonyl (C=O) groups excluding carboxylic acids is 1. The minimum atomic E-state index is -0.304. The topological polar surface area (TPSA) is 98.7 Å². The van der Waals surface area contributed by atoms with Crippen LogP contribution in [0.4, 0.5) is 0 Å². The smallest absolute Gasteiger partial charge is 0.273 e. The van der Waals surface area contributed by atoms with Crippen LogP contribution in [0.15, 0.2) is 72.0 Å². The summed E-state index contributed by atoms with van der Waals surface area (Å²) in [6.07, 6.45) is 6.43. The van der Waals surface area contributed by atoms with E-state index < -0.39 is 0 Å². The number of benzene rings is 1. The van der Waals surface area contributed by atoms with Crippen molar-refractivity contribution in [3.63, 3.8) is 0 Å². The van der Waals surface area contributed by atoms with Gasteiger partial charge < -0.3 is 9.84 Å². The zero-order valence-electron chi connectivity index (χ0n) is 14.5. The Hall–Kier alpha value is -3.81. The molecule has 0 bridgehead atoms. The molecule has 134 valence electrons. The second kappa shape index (κ2) is 7.20. The molecule has 0 aliphatic rings. The minimum absolute atomic E-state index is 0.194. The van der Waals surface area contributed by atoms with Crippen LogP contribution in [0.5, 0.6) is 0 Å². The summed E-state index contributed by atoms with van der Waals surface area (Å²) in [6.45, 7) is 1.91. The van der Waals surface area contributed by atoms with Crippen LogP contribution in [0, 0.1) is 0 Å². The maximum Gasteiger partial charge on any atom is 0.273 e. The lowest BCUT2D eigenvalue weighted by atomic mass is 10.1. The highest BCUT2D eigenvalue weighted by Crippen LogP contribution is 2.20. The maximum absolute atomic E-state index is 12.5. The molecule has 0 spiro atoms. The molecule has 4 aromatic rings. The summed E-state index contributed by atoms with van der Waals surface area (Å²) in [4.78, 5) is 20.4. The van der Waals surface area contributed by atoms with Crippen molar-refractivity contribution < 1.29 is 9.32 Å². The maximum atomic E-state index is 12.5. The Morgan fingerprint density at radius 2 is 2.04 bits per heavy atom. The zero-order chi connectivity index (χ0) is 18.6. The van der Waals surface area contributed by atoms with Gasteiger partial charge in [-0.3, -0.25) is 9.78 Å². The predicted octanol–water partition coefficient (Wildman–Crippen LogP) is 2.81. The van der Waals surface area contributed by atoms with E-state index in [0.717, 1.165) is 16.8 Å². The number of amides is 1. The van der Waals surface area contributed by atoms with Crippen molar-refractivity contribution in [1.29, 1.82) is 0 Å². The standard InChI is InChI=1S/C19H16N6O2/c1-13(14-4-6-16(7-5-14)25-12-21-11-22-25)23-19(26)17-9-18(27-24-17)15-3-2-8-20-10-15/h2-13H,1H3,(H,23,26)/t13-/m1/s1. The molecule has 1 amide bonds. The molecule has 0 saturated carbocycles. The summed E-state index contributed by atoms with van der Waals surface area (Å²) in [5.74, 6) is 0.194. The van der Waals surface area contributed by atoms with E-state index >= 15 is 0 Å². The van der Waals surface area contributed by atoms with Gasteiger partial charge in [-0.2, -0.15) is 5.10 Å².